The average Bonchev–Trinajstić information content (AvgIpc) is 3.74. The van der Waals surface area contributed by atoms with Gasteiger partial charge in [0, 0.05) is 32.9 Å². The fourth-order valence-corrected chi connectivity index (χ4v) is 7.58. The zero-order valence-corrected chi connectivity index (χ0v) is 26.7. The molecule has 2 heterocycles. The first kappa shape index (κ1) is 27.8. The van der Waals surface area contributed by atoms with Gasteiger partial charge < -0.3 is 13.7 Å². The van der Waals surface area contributed by atoms with Crippen LogP contribution < -0.4 is 4.90 Å². The summed E-state index contributed by atoms with van der Waals surface area (Å²) in [5, 5.41) is 7.00. The summed E-state index contributed by atoms with van der Waals surface area (Å²) >= 11 is 0. The number of fused-ring (bicyclic) bond motifs is 8. The second kappa shape index (κ2) is 11.1. The minimum atomic E-state index is 0.150. The molecule has 1 aliphatic carbocycles. The SMILES string of the molecule is C1=CC(N(c2ccc(-c3ccc4ccc5oc6ccccc6c5c4c3)cc2)c2ccc3oc4ccccc4c3c2)CC=C1c1ccccc1. The van der Waals surface area contributed by atoms with Crippen molar-refractivity contribution in [3.63, 3.8) is 0 Å². The number of nitrogens with zero attached hydrogens (tertiary/aromatic N) is 1. The molecule has 1 unspecified atom stereocenters. The number of hydrogen-bond acceptors (Lipinski definition) is 3. The van der Waals surface area contributed by atoms with Gasteiger partial charge in [-0.3, -0.25) is 0 Å². The molecule has 3 heteroatoms. The second-order valence-electron chi connectivity index (χ2n) is 12.9. The van der Waals surface area contributed by atoms with Gasteiger partial charge in [-0.15, -0.1) is 0 Å². The third-order valence-corrected chi connectivity index (χ3v) is 9.99. The minimum Gasteiger partial charge on any atom is -0.456 e. The first-order valence-corrected chi connectivity index (χ1v) is 16.9. The van der Waals surface area contributed by atoms with E-state index < -0.39 is 0 Å². The number of anilines is 2. The van der Waals surface area contributed by atoms with Gasteiger partial charge >= 0.3 is 0 Å². The second-order valence-corrected chi connectivity index (χ2v) is 12.9. The first-order chi connectivity index (χ1) is 24.3. The van der Waals surface area contributed by atoms with E-state index in [1.165, 1.54) is 38.4 Å². The van der Waals surface area contributed by atoms with Gasteiger partial charge in [0.25, 0.3) is 0 Å². The molecule has 0 fully saturated rings. The van der Waals surface area contributed by atoms with Crippen LogP contribution >= 0.6 is 0 Å². The van der Waals surface area contributed by atoms with E-state index in [1.807, 2.05) is 24.3 Å². The Labute approximate surface area is 283 Å². The van der Waals surface area contributed by atoms with Crippen molar-refractivity contribution in [2.75, 3.05) is 4.90 Å². The topological polar surface area (TPSA) is 29.5 Å². The van der Waals surface area contributed by atoms with Gasteiger partial charge in [0.2, 0.25) is 0 Å². The number of hydrogen-bond donors (Lipinski definition) is 0. The van der Waals surface area contributed by atoms with E-state index >= 15 is 0 Å². The molecule has 0 N–H and O–H groups in total. The van der Waals surface area contributed by atoms with Crippen LogP contribution in [0.1, 0.15) is 12.0 Å². The van der Waals surface area contributed by atoms with Gasteiger partial charge in [-0.2, -0.15) is 0 Å². The molecule has 2 aromatic heterocycles. The molecule has 49 heavy (non-hydrogen) atoms. The zero-order chi connectivity index (χ0) is 32.3. The molecule has 0 radical (unpaired) electrons. The van der Waals surface area contributed by atoms with E-state index in [1.54, 1.807) is 0 Å². The van der Waals surface area contributed by atoms with Crippen molar-refractivity contribution in [3.8, 4) is 11.1 Å². The van der Waals surface area contributed by atoms with E-state index in [0.29, 0.717) is 0 Å². The predicted molar refractivity (Wildman–Crippen MR) is 204 cm³/mol. The fourth-order valence-electron chi connectivity index (χ4n) is 7.58. The van der Waals surface area contributed by atoms with E-state index in [0.717, 1.165) is 56.3 Å². The monoisotopic (exact) mass is 629 g/mol. The summed E-state index contributed by atoms with van der Waals surface area (Å²) < 4.78 is 12.4. The molecule has 1 aliphatic rings. The van der Waals surface area contributed by atoms with Crippen LogP contribution in [0.25, 0.3) is 71.3 Å². The molecule has 0 saturated carbocycles. The molecule has 0 aliphatic heterocycles. The smallest absolute Gasteiger partial charge is 0.136 e. The van der Waals surface area contributed by atoms with E-state index in [4.69, 9.17) is 8.83 Å². The third-order valence-electron chi connectivity index (χ3n) is 9.99. The fraction of sp³-hybridized carbons (Fsp3) is 0.0435. The molecule has 0 bridgehead atoms. The maximum absolute atomic E-state index is 6.20. The Kier molecular flexibility index (Phi) is 6.31. The lowest BCUT2D eigenvalue weighted by Crippen LogP contribution is -2.30. The Balaban J connectivity index is 1.06. The molecule has 3 nitrogen and oxygen atoms in total. The summed E-state index contributed by atoms with van der Waals surface area (Å²) in [6.07, 6.45) is 7.87. The largest absolute Gasteiger partial charge is 0.456 e. The van der Waals surface area contributed by atoms with Crippen molar-refractivity contribution >= 4 is 71.6 Å². The van der Waals surface area contributed by atoms with Crippen molar-refractivity contribution in [1.82, 2.24) is 0 Å². The maximum atomic E-state index is 6.20. The average molecular weight is 630 g/mol. The zero-order valence-electron chi connectivity index (χ0n) is 26.7. The van der Waals surface area contributed by atoms with Crippen LogP contribution in [0.2, 0.25) is 0 Å². The predicted octanol–water partition coefficient (Wildman–Crippen LogP) is 12.9. The van der Waals surface area contributed by atoms with Gasteiger partial charge in [-0.1, -0.05) is 115 Å². The van der Waals surface area contributed by atoms with Crippen molar-refractivity contribution in [2.45, 2.75) is 12.5 Å². The molecule has 1 atom stereocenters. The van der Waals surface area contributed by atoms with Gasteiger partial charge in [-0.25, -0.2) is 0 Å². The third kappa shape index (κ3) is 4.66. The Hall–Kier alpha value is -6.32. The Morgan fingerprint density at radius 1 is 0.469 bits per heavy atom. The minimum absolute atomic E-state index is 0.150. The molecule has 232 valence electrons. The summed E-state index contributed by atoms with van der Waals surface area (Å²) in [6, 6.07) is 54.0. The molecule has 7 aromatic carbocycles. The van der Waals surface area contributed by atoms with Gasteiger partial charge in [-0.05, 0) is 94.1 Å². The van der Waals surface area contributed by atoms with Crippen molar-refractivity contribution in [1.29, 1.82) is 0 Å². The molecule has 0 saturated heterocycles. The van der Waals surface area contributed by atoms with Crippen LogP contribution in [0.3, 0.4) is 0 Å². The Morgan fingerprint density at radius 3 is 1.94 bits per heavy atom. The lowest BCUT2D eigenvalue weighted by atomic mass is 9.95. The molecule has 0 amide bonds. The van der Waals surface area contributed by atoms with Crippen molar-refractivity contribution in [2.24, 2.45) is 0 Å². The van der Waals surface area contributed by atoms with Gasteiger partial charge in [0.1, 0.15) is 22.3 Å². The number of benzene rings is 7. The summed E-state index contributed by atoms with van der Waals surface area (Å²) in [5.41, 5.74) is 10.8. The quantitative estimate of drug-likeness (QED) is 0.190. The van der Waals surface area contributed by atoms with Crippen molar-refractivity contribution < 1.29 is 8.83 Å². The van der Waals surface area contributed by atoms with E-state index in [9.17, 15) is 0 Å². The van der Waals surface area contributed by atoms with Crippen LogP contribution in [0.4, 0.5) is 11.4 Å². The number of furan rings is 2. The molecule has 0 spiro atoms. The highest BCUT2D eigenvalue weighted by atomic mass is 16.3. The van der Waals surface area contributed by atoms with Crippen molar-refractivity contribution in [3.05, 3.63) is 175 Å². The summed E-state index contributed by atoms with van der Waals surface area (Å²) in [7, 11) is 0. The highest BCUT2D eigenvalue weighted by molar-refractivity contribution is 6.19. The summed E-state index contributed by atoms with van der Waals surface area (Å²) in [5.74, 6) is 0. The van der Waals surface area contributed by atoms with Crippen LogP contribution in [0, 0.1) is 0 Å². The molecule has 10 rings (SSSR count). The molecular weight excluding hydrogens is 599 g/mol. The lowest BCUT2D eigenvalue weighted by Gasteiger charge is -2.33. The van der Waals surface area contributed by atoms with E-state index in [2.05, 4.69) is 151 Å². The summed E-state index contributed by atoms with van der Waals surface area (Å²) in [4.78, 5) is 2.46. The van der Waals surface area contributed by atoms with Crippen LogP contribution in [-0.4, -0.2) is 6.04 Å². The number of rotatable bonds is 5. The summed E-state index contributed by atoms with van der Waals surface area (Å²) in [6.45, 7) is 0. The number of para-hydroxylation sites is 2. The van der Waals surface area contributed by atoms with Gasteiger partial charge in [0.15, 0.2) is 0 Å². The van der Waals surface area contributed by atoms with Gasteiger partial charge in [0.05, 0.1) is 6.04 Å². The lowest BCUT2D eigenvalue weighted by molar-refractivity contribution is 0.668. The highest BCUT2D eigenvalue weighted by Crippen LogP contribution is 2.40. The Morgan fingerprint density at radius 2 is 1.12 bits per heavy atom. The standard InChI is InChI=1S/C46H31NO2/c1-2-8-30(9-3-1)31-16-21-35(22-17-31)47(37-25-27-44-41(29-37)38-10-4-6-12-42(38)48-44)36-23-18-32(19-24-36)34-15-14-33-20-26-45-46(40(33)28-34)39-11-5-7-13-43(39)49-45/h1-21,23-29,35H,22H2. The van der Waals surface area contributed by atoms with Crippen LogP contribution in [0.5, 0.6) is 0 Å². The van der Waals surface area contributed by atoms with E-state index in [-0.39, 0.29) is 6.04 Å². The van der Waals surface area contributed by atoms with Crippen LogP contribution in [0.15, 0.2) is 179 Å². The molecule has 9 aromatic rings. The highest BCUT2D eigenvalue weighted by Gasteiger charge is 2.22. The maximum Gasteiger partial charge on any atom is 0.136 e. The van der Waals surface area contributed by atoms with Crippen LogP contribution in [-0.2, 0) is 0 Å². The normalized spacial score (nSPS) is 14.7. The Bertz CT molecular complexity index is 2750. The first-order valence-electron chi connectivity index (χ1n) is 16.9. The molecular formula is C46H31NO2. The number of allylic oxidation sites excluding steroid dienone is 2.